The number of anilines is 3. The first-order chi connectivity index (χ1) is 12.9. The van der Waals surface area contributed by atoms with Gasteiger partial charge in [-0.05, 0) is 42.7 Å². The lowest BCUT2D eigenvalue weighted by atomic mass is 9.94. The number of fused-ring (bicyclic) bond motifs is 1. The molecule has 0 unspecified atom stereocenters. The fraction of sp³-hybridized carbons (Fsp3) is 0.632. The summed E-state index contributed by atoms with van der Waals surface area (Å²) in [5.41, 5.74) is 4.16. The largest absolute Gasteiger partial charge is 0.368 e. The summed E-state index contributed by atoms with van der Waals surface area (Å²) in [5, 5.41) is 8.30. The average Bonchev–Trinajstić information content (AvgIpc) is 2.97. The summed E-state index contributed by atoms with van der Waals surface area (Å²) in [6.45, 7) is 13.1. The third kappa shape index (κ3) is 5.12. The minimum Gasteiger partial charge on any atom is -0.368 e. The standard InChI is InChI=1S/C19H32N4O3S2/c1-7-27-11-10-23-9-8-14-12(2)15(22-28(20,25)26)13(3)16(17(14)23)21-18(24)19(4,5)6/h22H,7-11H2,1-6H3,(H,21,24)(H2,20,25,26). The zero-order valence-corrected chi connectivity index (χ0v) is 19.2. The topological polar surface area (TPSA) is 105 Å². The minimum atomic E-state index is -3.92. The Morgan fingerprint density at radius 1 is 1.21 bits per heavy atom. The summed E-state index contributed by atoms with van der Waals surface area (Å²) in [6.07, 6.45) is 0.802. The Labute approximate surface area is 173 Å². The lowest BCUT2D eigenvalue weighted by molar-refractivity contribution is -0.123. The highest BCUT2D eigenvalue weighted by Crippen LogP contribution is 2.45. The molecule has 1 aliphatic heterocycles. The van der Waals surface area contributed by atoms with E-state index >= 15 is 0 Å². The van der Waals surface area contributed by atoms with Crippen molar-refractivity contribution in [2.75, 3.05) is 39.5 Å². The van der Waals surface area contributed by atoms with Crippen molar-refractivity contribution in [3.63, 3.8) is 0 Å². The predicted octanol–water partition coefficient (Wildman–Crippen LogP) is 3.02. The summed E-state index contributed by atoms with van der Waals surface area (Å²) < 4.78 is 25.8. The first kappa shape index (κ1) is 22.8. The highest BCUT2D eigenvalue weighted by atomic mass is 32.2. The molecule has 0 saturated carbocycles. The summed E-state index contributed by atoms with van der Waals surface area (Å²) >= 11 is 1.88. The molecule has 1 amide bonds. The second-order valence-electron chi connectivity index (χ2n) is 8.11. The molecule has 0 spiro atoms. The van der Waals surface area contributed by atoms with Crippen LogP contribution in [0.5, 0.6) is 0 Å². The van der Waals surface area contributed by atoms with Gasteiger partial charge >= 0.3 is 0 Å². The Bertz CT molecular complexity index is 861. The number of hydrogen-bond donors (Lipinski definition) is 3. The molecule has 9 heteroatoms. The van der Waals surface area contributed by atoms with E-state index in [0.717, 1.165) is 47.8 Å². The van der Waals surface area contributed by atoms with E-state index in [2.05, 4.69) is 21.9 Å². The van der Waals surface area contributed by atoms with E-state index in [0.29, 0.717) is 16.9 Å². The lowest BCUT2D eigenvalue weighted by Gasteiger charge is -2.28. The van der Waals surface area contributed by atoms with Crippen molar-refractivity contribution < 1.29 is 13.2 Å². The van der Waals surface area contributed by atoms with Crippen LogP contribution in [0.25, 0.3) is 0 Å². The number of rotatable bonds is 7. The zero-order chi connectivity index (χ0) is 21.3. The monoisotopic (exact) mass is 428 g/mol. The summed E-state index contributed by atoms with van der Waals surface area (Å²) in [4.78, 5) is 15.0. The fourth-order valence-electron chi connectivity index (χ4n) is 3.37. The second kappa shape index (κ2) is 8.51. The van der Waals surface area contributed by atoms with Crippen LogP contribution in [0.4, 0.5) is 17.1 Å². The first-order valence-corrected chi connectivity index (χ1v) is 12.2. The van der Waals surface area contributed by atoms with Gasteiger partial charge in [0.05, 0.1) is 17.1 Å². The van der Waals surface area contributed by atoms with Crippen molar-refractivity contribution in [2.45, 2.75) is 48.0 Å². The van der Waals surface area contributed by atoms with Crippen LogP contribution in [0, 0.1) is 19.3 Å². The Kier molecular flexibility index (Phi) is 6.94. The molecule has 1 aromatic rings. The van der Waals surface area contributed by atoms with Crippen LogP contribution < -0.4 is 20.1 Å². The zero-order valence-electron chi connectivity index (χ0n) is 17.6. The number of amides is 1. The van der Waals surface area contributed by atoms with Crippen LogP contribution in [0.3, 0.4) is 0 Å². The molecule has 158 valence electrons. The number of hydrogen-bond acceptors (Lipinski definition) is 5. The molecule has 0 bridgehead atoms. The average molecular weight is 429 g/mol. The van der Waals surface area contributed by atoms with Gasteiger partial charge in [-0.25, -0.2) is 5.14 Å². The molecule has 7 nitrogen and oxygen atoms in total. The molecular weight excluding hydrogens is 396 g/mol. The van der Waals surface area contributed by atoms with E-state index in [4.69, 9.17) is 5.14 Å². The van der Waals surface area contributed by atoms with Crippen molar-refractivity contribution in [3.8, 4) is 0 Å². The van der Waals surface area contributed by atoms with E-state index in [1.165, 1.54) is 0 Å². The fourth-order valence-corrected chi connectivity index (χ4v) is 4.60. The van der Waals surface area contributed by atoms with Gasteiger partial charge in [0.2, 0.25) is 5.91 Å². The van der Waals surface area contributed by atoms with Gasteiger partial charge in [0.1, 0.15) is 0 Å². The van der Waals surface area contributed by atoms with Crippen LogP contribution >= 0.6 is 11.8 Å². The molecule has 0 atom stereocenters. The third-order valence-corrected chi connectivity index (χ3v) is 6.29. The van der Waals surface area contributed by atoms with Gasteiger partial charge in [0.15, 0.2) is 0 Å². The van der Waals surface area contributed by atoms with E-state index in [1.807, 2.05) is 46.4 Å². The van der Waals surface area contributed by atoms with Gasteiger partial charge < -0.3 is 10.2 Å². The van der Waals surface area contributed by atoms with Crippen molar-refractivity contribution in [1.29, 1.82) is 0 Å². The minimum absolute atomic E-state index is 0.113. The highest BCUT2D eigenvalue weighted by Gasteiger charge is 2.31. The van der Waals surface area contributed by atoms with Gasteiger partial charge in [-0.2, -0.15) is 20.2 Å². The van der Waals surface area contributed by atoms with Crippen LogP contribution in [0.1, 0.15) is 44.4 Å². The van der Waals surface area contributed by atoms with Crippen LogP contribution in [-0.4, -0.2) is 38.9 Å². The third-order valence-electron chi connectivity index (χ3n) is 4.92. The highest BCUT2D eigenvalue weighted by molar-refractivity contribution is 7.99. The quantitative estimate of drug-likeness (QED) is 0.579. The number of thioether (sulfide) groups is 1. The number of nitrogens with zero attached hydrogens (tertiary/aromatic N) is 1. The van der Waals surface area contributed by atoms with Gasteiger partial charge in [0.25, 0.3) is 10.2 Å². The predicted molar refractivity (Wildman–Crippen MR) is 120 cm³/mol. The second-order valence-corrected chi connectivity index (χ2v) is 10.8. The van der Waals surface area contributed by atoms with Gasteiger partial charge in [0, 0.05) is 24.3 Å². The number of carbonyl (C=O) groups is 1. The van der Waals surface area contributed by atoms with Crippen LogP contribution in [0.15, 0.2) is 0 Å². The SMILES string of the molecule is CCSCCN1CCc2c(C)c(NS(N)(=O)=O)c(C)c(NC(=O)C(C)(C)C)c21. The molecule has 1 aliphatic rings. The van der Waals surface area contributed by atoms with Gasteiger partial charge in [-0.1, -0.05) is 27.7 Å². The molecule has 0 radical (unpaired) electrons. The number of nitrogens with two attached hydrogens (primary N) is 1. The lowest BCUT2D eigenvalue weighted by Crippen LogP contribution is -2.30. The van der Waals surface area contributed by atoms with E-state index in [9.17, 15) is 13.2 Å². The molecule has 4 N–H and O–H groups in total. The first-order valence-electron chi connectivity index (χ1n) is 9.47. The molecule has 28 heavy (non-hydrogen) atoms. The summed E-state index contributed by atoms with van der Waals surface area (Å²) in [6, 6.07) is 0. The Hall–Kier alpha value is -1.45. The maximum Gasteiger partial charge on any atom is 0.296 e. The van der Waals surface area contributed by atoms with E-state index < -0.39 is 15.6 Å². The number of benzene rings is 1. The molecule has 0 saturated heterocycles. The number of nitrogens with one attached hydrogen (secondary N) is 2. The summed E-state index contributed by atoms with van der Waals surface area (Å²) in [5.74, 6) is 1.94. The number of carbonyl (C=O) groups excluding carboxylic acids is 1. The smallest absolute Gasteiger partial charge is 0.296 e. The van der Waals surface area contributed by atoms with E-state index in [1.54, 1.807) is 0 Å². The molecule has 0 fully saturated rings. The van der Waals surface area contributed by atoms with Crippen LogP contribution in [0.2, 0.25) is 0 Å². The van der Waals surface area contributed by atoms with Crippen molar-refractivity contribution in [2.24, 2.45) is 10.6 Å². The van der Waals surface area contributed by atoms with Gasteiger partial charge in [-0.3, -0.25) is 9.52 Å². The van der Waals surface area contributed by atoms with Crippen molar-refractivity contribution in [1.82, 2.24) is 0 Å². The molecule has 0 aromatic heterocycles. The van der Waals surface area contributed by atoms with Crippen molar-refractivity contribution in [3.05, 3.63) is 16.7 Å². The maximum atomic E-state index is 12.7. The molecule has 2 rings (SSSR count). The van der Waals surface area contributed by atoms with Crippen molar-refractivity contribution >= 4 is 44.9 Å². The molecule has 0 aliphatic carbocycles. The normalized spacial score (nSPS) is 14.2. The Balaban J connectivity index is 2.59. The molecule has 1 heterocycles. The molecular formula is C19H32N4O3S2. The Morgan fingerprint density at radius 3 is 2.39 bits per heavy atom. The molecule has 1 aromatic carbocycles. The van der Waals surface area contributed by atoms with E-state index in [-0.39, 0.29) is 5.91 Å². The van der Waals surface area contributed by atoms with Gasteiger partial charge in [-0.15, -0.1) is 0 Å². The summed E-state index contributed by atoms with van der Waals surface area (Å²) in [7, 11) is -3.92. The van der Waals surface area contributed by atoms with Crippen LogP contribution in [-0.2, 0) is 21.4 Å². The Morgan fingerprint density at radius 2 is 1.86 bits per heavy atom. The maximum absolute atomic E-state index is 12.7.